The fourth-order valence-electron chi connectivity index (χ4n) is 2.27. The van der Waals surface area contributed by atoms with Gasteiger partial charge in [-0.1, -0.05) is 35.3 Å². The quantitative estimate of drug-likeness (QED) is 0.501. The molecule has 0 spiro atoms. The maximum absolute atomic E-state index is 11.9. The van der Waals surface area contributed by atoms with Gasteiger partial charge in [-0.15, -0.1) is 0 Å². The van der Waals surface area contributed by atoms with Crippen LogP contribution in [0.25, 0.3) is 10.1 Å². The highest BCUT2D eigenvalue weighted by molar-refractivity contribution is 7.13. The van der Waals surface area contributed by atoms with Gasteiger partial charge in [-0.05, 0) is 48.3 Å². The van der Waals surface area contributed by atoms with Crippen molar-refractivity contribution in [1.29, 1.82) is 0 Å². The largest absolute Gasteiger partial charge is 0.369 e. The molecule has 0 aliphatic rings. The third-order valence-electron chi connectivity index (χ3n) is 3.49. The molecule has 0 saturated carbocycles. The van der Waals surface area contributed by atoms with Crippen molar-refractivity contribution in [2.24, 2.45) is 0 Å². The predicted molar refractivity (Wildman–Crippen MR) is 106 cm³/mol. The molecule has 2 amide bonds. The number of rotatable bonds is 6. The number of benzene rings is 2. The van der Waals surface area contributed by atoms with Crippen molar-refractivity contribution in [3.8, 4) is 0 Å². The van der Waals surface area contributed by atoms with Crippen molar-refractivity contribution in [2.45, 2.75) is 6.42 Å². The highest BCUT2D eigenvalue weighted by Crippen LogP contribution is 2.26. The number of aromatic nitrogens is 1. The monoisotopic (exact) mass is 394 g/mol. The summed E-state index contributed by atoms with van der Waals surface area (Å²) in [5, 5.41) is 10.8. The molecular formula is C17H16Cl2N4OS. The van der Waals surface area contributed by atoms with Gasteiger partial charge in [-0.3, -0.25) is 0 Å². The molecule has 25 heavy (non-hydrogen) atoms. The van der Waals surface area contributed by atoms with Crippen molar-refractivity contribution >= 4 is 62.4 Å². The van der Waals surface area contributed by atoms with E-state index in [0.29, 0.717) is 22.3 Å². The number of halogens is 2. The van der Waals surface area contributed by atoms with Gasteiger partial charge >= 0.3 is 6.03 Å². The Kier molecular flexibility index (Phi) is 5.96. The van der Waals surface area contributed by atoms with Crippen LogP contribution >= 0.6 is 34.7 Å². The van der Waals surface area contributed by atoms with Crippen molar-refractivity contribution in [3.63, 3.8) is 0 Å². The second kappa shape index (κ2) is 8.38. The standard InChI is InChI=1S/C17H16Cl2N4OS/c18-11-6-7-14(13(19)10-11)22-17(24)21-9-3-8-20-16-12-4-1-2-5-15(12)25-23-16/h1-2,4-7,10H,3,8-9H2,(H,20,23)(H2,21,22,24). The summed E-state index contributed by atoms with van der Waals surface area (Å²) in [6.45, 7) is 1.25. The Morgan fingerprint density at radius 1 is 1.12 bits per heavy atom. The summed E-state index contributed by atoms with van der Waals surface area (Å²) in [5.74, 6) is 0.887. The van der Waals surface area contributed by atoms with Crippen molar-refractivity contribution < 1.29 is 4.79 Å². The topological polar surface area (TPSA) is 66.0 Å². The van der Waals surface area contributed by atoms with E-state index in [1.165, 1.54) is 11.5 Å². The number of amides is 2. The molecule has 0 saturated heterocycles. The van der Waals surface area contributed by atoms with E-state index in [9.17, 15) is 4.79 Å². The Morgan fingerprint density at radius 2 is 1.96 bits per heavy atom. The average Bonchev–Trinajstić information content (AvgIpc) is 3.00. The minimum Gasteiger partial charge on any atom is -0.369 e. The Morgan fingerprint density at radius 3 is 2.80 bits per heavy atom. The van der Waals surface area contributed by atoms with Gasteiger partial charge in [0.2, 0.25) is 0 Å². The average molecular weight is 395 g/mol. The maximum Gasteiger partial charge on any atom is 0.319 e. The number of nitrogens with zero attached hydrogens (tertiary/aromatic N) is 1. The number of anilines is 2. The SMILES string of the molecule is O=C(NCCCNc1nsc2ccccc12)Nc1ccc(Cl)cc1Cl. The molecule has 2 aromatic carbocycles. The van der Waals surface area contributed by atoms with Gasteiger partial charge in [0, 0.05) is 23.5 Å². The first-order chi connectivity index (χ1) is 12.1. The van der Waals surface area contributed by atoms with Crippen LogP contribution in [0.5, 0.6) is 0 Å². The van der Waals surface area contributed by atoms with Crippen LogP contribution in [0.15, 0.2) is 42.5 Å². The minimum atomic E-state index is -0.302. The van der Waals surface area contributed by atoms with Gasteiger partial charge in [-0.2, -0.15) is 4.37 Å². The number of fused-ring (bicyclic) bond motifs is 1. The fraction of sp³-hybridized carbons (Fsp3) is 0.176. The molecule has 8 heteroatoms. The van der Waals surface area contributed by atoms with Crippen LogP contribution in [0.4, 0.5) is 16.3 Å². The molecule has 5 nitrogen and oxygen atoms in total. The molecule has 1 aromatic heterocycles. The van der Waals surface area contributed by atoms with Gasteiger partial charge in [0.15, 0.2) is 0 Å². The summed E-state index contributed by atoms with van der Waals surface area (Å²) in [6.07, 6.45) is 0.771. The number of urea groups is 1. The van der Waals surface area contributed by atoms with E-state index in [2.05, 4.69) is 20.3 Å². The fourth-order valence-corrected chi connectivity index (χ4v) is 3.48. The molecule has 3 N–H and O–H groups in total. The first-order valence-electron chi connectivity index (χ1n) is 7.71. The normalized spacial score (nSPS) is 10.6. The van der Waals surface area contributed by atoms with E-state index >= 15 is 0 Å². The lowest BCUT2D eigenvalue weighted by Gasteiger charge is -2.09. The van der Waals surface area contributed by atoms with Crippen LogP contribution < -0.4 is 16.0 Å². The van der Waals surface area contributed by atoms with Crippen LogP contribution in [0.2, 0.25) is 10.0 Å². The first kappa shape index (κ1) is 17.8. The summed E-state index contributed by atoms with van der Waals surface area (Å²) in [6, 6.07) is 12.7. The van der Waals surface area contributed by atoms with Crippen LogP contribution in [0.1, 0.15) is 6.42 Å². The highest BCUT2D eigenvalue weighted by atomic mass is 35.5. The Hall–Kier alpha value is -2.02. The van der Waals surface area contributed by atoms with Gasteiger partial charge in [0.05, 0.1) is 15.4 Å². The Labute approximate surface area is 159 Å². The Bertz CT molecular complexity index is 884. The molecule has 0 aliphatic carbocycles. The molecule has 3 rings (SSSR count). The summed E-state index contributed by atoms with van der Waals surface area (Å²) >= 11 is 13.3. The van der Waals surface area contributed by atoms with E-state index in [1.54, 1.807) is 18.2 Å². The zero-order chi connectivity index (χ0) is 17.6. The van der Waals surface area contributed by atoms with Crippen LogP contribution in [0.3, 0.4) is 0 Å². The molecule has 1 heterocycles. The smallest absolute Gasteiger partial charge is 0.319 e. The third-order valence-corrected chi connectivity index (χ3v) is 4.86. The lowest BCUT2D eigenvalue weighted by atomic mass is 10.2. The molecule has 0 radical (unpaired) electrons. The lowest BCUT2D eigenvalue weighted by Crippen LogP contribution is -2.30. The molecular weight excluding hydrogens is 379 g/mol. The van der Waals surface area contributed by atoms with Crippen LogP contribution in [-0.4, -0.2) is 23.5 Å². The molecule has 0 unspecified atom stereocenters. The lowest BCUT2D eigenvalue weighted by molar-refractivity contribution is 0.252. The zero-order valence-electron chi connectivity index (χ0n) is 13.2. The first-order valence-corrected chi connectivity index (χ1v) is 9.24. The van der Waals surface area contributed by atoms with Gasteiger partial charge in [0.25, 0.3) is 0 Å². The molecule has 0 fully saturated rings. The molecule has 3 aromatic rings. The summed E-state index contributed by atoms with van der Waals surface area (Å²) in [4.78, 5) is 11.9. The highest BCUT2D eigenvalue weighted by Gasteiger charge is 2.06. The molecule has 0 aliphatic heterocycles. The molecule has 130 valence electrons. The predicted octanol–water partition coefficient (Wildman–Crippen LogP) is 5.23. The number of carbonyl (C=O) groups excluding carboxylic acids is 1. The number of nitrogens with one attached hydrogen (secondary N) is 3. The summed E-state index contributed by atoms with van der Waals surface area (Å²) in [5.41, 5.74) is 0.524. The van der Waals surface area contributed by atoms with Crippen LogP contribution in [-0.2, 0) is 0 Å². The Balaban J connectivity index is 1.40. The van der Waals surface area contributed by atoms with E-state index in [4.69, 9.17) is 23.2 Å². The van der Waals surface area contributed by atoms with Crippen molar-refractivity contribution in [3.05, 3.63) is 52.5 Å². The van der Waals surface area contributed by atoms with Gasteiger partial charge in [-0.25, -0.2) is 4.79 Å². The van der Waals surface area contributed by atoms with Crippen molar-refractivity contribution in [1.82, 2.24) is 9.69 Å². The van der Waals surface area contributed by atoms with Gasteiger partial charge < -0.3 is 16.0 Å². The van der Waals surface area contributed by atoms with Gasteiger partial charge in [0.1, 0.15) is 5.82 Å². The minimum absolute atomic E-state index is 0.302. The summed E-state index contributed by atoms with van der Waals surface area (Å²) < 4.78 is 5.56. The maximum atomic E-state index is 11.9. The van der Waals surface area contributed by atoms with E-state index in [1.807, 2.05) is 24.3 Å². The number of hydrogen-bond donors (Lipinski definition) is 3. The summed E-state index contributed by atoms with van der Waals surface area (Å²) in [7, 11) is 0. The second-order valence-electron chi connectivity index (χ2n) is 5.31. The van der Waals surface area contributed by atoms with E-state index < -0.39 is 0 Å². The zero-order valence-corrected chi connectivity index (χ0v) is 15.5. The van der Waals surface area contributed by atoms with Crippen molar-refractivity contribution in [2.75, 3.05) is 23.7 Å². The number of carbonyl (C=O) groups is 1. The van der Waals surface area contributed by atoms with E-state index in [-0.39, 0.29) is 6.03 Å². The molecule has 0 atom stereocenters. The third kappa shape index (κ3) is 4.75. The molecule has 0 bridgehead atoms. The van der Waals surface area contributed by atoms with Crippen LogP contribution in [0, 0.1) is 0 Å². The van der Waals surface area contributed by atoms with E-state index in [0.717, 1.165) is 28.9 Å². The second-order valence-corrected chi connectivity index (χ2v) is 6.96. The number of hydrogen-bond acceptors (Lipinski definition) is 4.